The van der Waals surface area contributed by atoms with Gasteiger partial charge in [-0.3, -0.25) is 14.7 Å². The van der Waals surface area contributed by atoms with Crippen molar-refractivity contribution in [1.82, 2.24) is 19.9 Å². The first-order chi connectivity index (χ1) is 10.7. The van der Waals surface area contributed by atoms with E-state index in [4.69, 9.17) is 0 Å². The van der Waals surface area contributed by atoms with Crippen LogP contribution in [0.2, 0.25) is 0 Å². The van der Waals surface area contributed by atoms with Crippen molar-refractivity contribution in [1.29, 1.82) is 0 Å². The van der Waals surface area contributed by atoms with Gasteiger partial charge in [0, 0.05) is 43.2 Å². The Morgan fingerprint density at radius 3 is 2.95 bits per heavy atom. The van der Waals surface area contributed by atoms with Gasteiger partial charge >= 0.3 is 0 Å². The molecule has 0 spiro atoms. The molecule has 0 radical (unpaired) electrons. The van der Waals surface area contributed by atoms with E-state index in [1.807, 2.05) is 19.3 Å². The molecular formula is C17H22N4O. The van der Waals surface area contributed by atoms with E-state index in [-0.39, 0.29) is 5.56 Å². The molecule has 0 aliphatic carbocycles. The fraction of sp³-hybridized carbons (Fsp3) is 0.471. The summed E-state index contributed by atoms with van der Waals surface area (Å²) in [4.78, 5) is 25.8. The minimum atomic E-state index is -0.0342. The summed E-state index contributed by atoms with van der Waals surface area (Å²) in [6.45, 7) is 4.99. The second-order valence-corrected chi connectivity index (χ2v) is 5.91. The molecule has 0 aromatic carbocycles. The van der Waals surface area contributed by atoms with Crippen LogP contribution in [0.5, 0.6) is 0 Å². The van der Waals surface area contributed by atoms with Gasteiger partial charge in [-0.25, -0.2) is 4.98 Å². The molecule has 5 heteroatoms. The number of pyridine rings is 1. The van der Waals surface area contributed by atoms with Gasteiger partial charge < -0.3 is 4.98 Å². The Kier molecular flexibility index (Phi) is 4.63. The molecule has 5 nitrogen and oxygen atoms in total. The maximum Gasteiger partial charge on any atom is 0.251 e. The molecule has 1 aliphatic rings. The molecule has 0 amide bonds. The lowest BCUT2D eigenvalue weighted by Gasteiger charge is -2.32. The zero-order chi connectivity index (χ0) is 15.4. The summed E-state index contributed by atoms with van der Waals surface area (Å²) in [5, 5.41) is 0. The summed E-state index contributed by atoms with van der Waals surface area (Å²) in [5.41, 5.74) is 2.12. The number of hydrogen-bond donors (Lipinski definition) is 1. The summed E-state index contributed by atoms with van der Waals surface area (Å²) >= 11 is 0. The van der Waals surface area contributed by atoms with Crippen molar-refractivity contribution >= 4 is 0 Å². The third-order valence-corrected chi connectivity index (χ3v) is 4.22. The van der Waals surface area contributed by atoms with E-state index in [1.54, 1.807) is 6.07 Å². The molecule has 22 heavy (non-hydrogen) atoms. The number of nitrogens with zero attached hydrogens (tertiary/aromatic N) is 3. The van der Waals surface area contributed by atoms with Gasteiger partial charge in [-0.2, -0.15) is 0 Å². The van der Waals surface area contributed by atoms with Crippen LogP contribution in [0.15, 0.2) is 35.4 Å². The van der Waals surface area contributed by atoms with Crippen molar-refractivity contribution in [3.8, 4) is 0 Å². The van der Waals surface area contributed by atoms with E-state index in [0.717, 1.165) is 50.4 Å². The molecule has 1 fully saturated rings. The number of likely N-dealkylation sites (tertiary alicyclic amines) is 1. The van der Waals surface area contributed by atoms with Crippen LogP contribution in [0, 0.1) is 0 Å². The molecule has 116 valence electrons. The molecule has 3 rings (SSSR count). The normalized spacial score (nSPS) is 19.2. The van der Waals surface area contributed by atoms with Gasteiger partial charge in [0.2, 0.25) is 0 Å². The number of aryl methyl sites for hydroxylation is 1. The Bertz CT molecular complexity index is 668. The van der Waals surface area contributed by atoms with Gasteiger partial charge in [-0.1, -0.05) is 6.92 Å². The second kappa shape index (κ2) is 6.83. The molecule has 0 saturated carbocycles. The van der Waals surface area contributed by atoms with Crippen molar-refractivity contribution in [2.24, 2.45) is 0 Å². The average molecular weight is 298 g/mol. The highest BCUT2D eigenvalue weighted by atomic mass is 16.1. The van der Waals surface area contributed by atoms with E-state index < -0.39 is 0 Å². The predicted molar refractivity (Wildman–Crippen MR) is 85.7 cm³/mol. The van der Waals surface area contributed by atoms with Crippen LogP contribution < -0.4 is 5.56 Å². The number of nitrogens with one attached hydrogen (secondary N) is 1. The average Bonchev–Trinajstić information content (AvgIpc) is 2.55. The van der Waals surface area contributed by atoms with Gasteiger partial charge in [-0.15, -0.1) is 0 Å². The lowest BCUT2D eigenvalue weighted by atomic mass is 9.96. The highest BCUT2D eigenvalue weighted by molar-refractivity contribution is 5.11. The Morgan fingerprint density at radius 2 is 2.18 bits per heavy atom. The third-order valence-electron chi connectivity index (χ3n) is 4.22. The van der Waals surface area contributed by atoms with Crippen molar-refractivity contribution in [3.63, 3.8) is 0 Å². The Hall–Kier alpha value is -2.01. The molecule has 2 aromatic heterocycles. The van der Waals surface area contributed by atoms with Gasteiger partial charge in [0.25, 0.3) is 5.56 Å². The number of aromatic nitrogens is 3. The zero-order valence-electron chi connectivity index (χ0n) is 13.0. The van der Waals surface area contributed by atoms with E-state index >= 15 is 0 Å². The van der Waals surface area contributed by atoms with Gasteiger partial charge in [0.1, 0.15) is 5.82 Å². The zero-order valence-corrected chi connectivity index (χ0v) is 13.0. The number of hydrogen-bond acceptors (Lipinski definition) is 4. The van der Waals surface area contributed by atoms with Crippen LogP contribution in [0.4, 0.5) is 0 Å². The Morgan fingerprint density at radius 1 is 1.36 bits per heavy atom. The van der Waals surface area contributed by atoms with Crippen LogP contribution in [-0.4, -0.2) is 32.9 Å². The number of aromatic amines is 1. The molecule has 3 heterocycles. The van der Waals surface area contributed by atoms with Crippen molar-refractivity contribution in [2.75, 3.05) is 13.1 Å². The standard InChI is InChI=1S/C17H22N4O/c1-2-15-10-16(22)20-17(19-15)14-4-3-9-21(12-14)11-13-5-7-18-8-6-13/h5-8,10,14H,2-4,9,11-12H2,1H3,(H,19,20,22)/t14-/m0/s1. The van der Waals surface area contributed by atoms with Gasteiger partial charge in [0.15, 0.2) is 0 Å². The monoisotopic (exact) mass is 298 g/mol. The van der Waals surface area contributed by atoms with Crippen LogP contribution in [0.1, 0.15) is 42.8 Å². The van der Waals surface area contributed by atoms with Crippen LogP contribution in [-0.2, 0) is 13.0 Å². The van der Waals surface area contributed by atoms with Crippen LogP contribution >= 0.6 is 0 Å². The lowest BCUT2D eigenvalue weighted by molar-refractivity contribution is 0.196. The summed E-state index contributed by atoms with van der Waals surface area (Å²) in [7, 11) is 0. The predicted octanol–water partition coefficient (Wildman–Crippen LogP) is 2.11. The largest absolute Gasteiger partial charge is 0.310 e. The minimum absolute atomic E-state index is 0.0342. The molecule has 1 aliphatic heterocycles. The molecule has 1 atom stereocenters. The summed E-state index contributed by atoms with van der Waals surface area (Å²) in [6, 6.07) is 5.71. The first kappa shape index (κ1) is 14.9. The van der Waals surface area contributed by atoms with E-state index in [9.17, 15) is 4.79 Å². The van der Waals surface area contributed by atoms with Crippen LogP contribution in [0.25, 0.3) is 0 Å². The summed E-state index contributed by atoms with van der Waals surface area (Å²) in [5.74, 6) is 1.17. The molecule has 1 N–H and O–H groups in total. The molecule has 1 saturated heterocycles. The molecular weight excluding hydrogens is 276 g/mol. The Labute approximate surface area is 130 Å². The minimum Gasteiger partial charge on any atom is -0.310 e. The number of rotatable bonds is 4. The van der Waals surface area contributed by atoms with Crippen molar-refractivity contribution < 1.29 is 0 Å². The topological polar surface area (TPSA) is 61.9 Å². The fourth-order valence-corrected chi connectivity index (χ4v) is 3.07. The lowest BCUT2D eigenvalue weighted by Crippen LogP contribution is -2.35. The number of piperidine rings is 1. The first-order valence-electron chi connectivity index (χ1n) is 7.96. The van der Waals surface area contributed by atoms with Crippen LogP contribution in [0.3, 0.4) is 0 Å². The first-order valence-corrected chi connectivity index (χ1v) is 7.96. The molecule has 0 unspecified atom stereocenters. The van der Waals surface area contributed by atoms with E-state index in [1.165, 1.54) is 5.56 Å². The maximum absolute atomic E-state index is 11.8. The quantitative estimate of drug-likeness (QED) is 0.939. The molecule has 2 aromatic rings. The Balaban J connectivity index is 1.73. The highest BCUT2D eigenvalue weighted by Gasteiger charge is 2.23. The highest BCUT2D eigenvalue weighted by Crippen LogP contribution is 2.25. The maximum atomic E-state index is 11.8. The second-order valence-electron chi connectivity index (χ2n) is 5.91. The van der Waals surface area contributed by atoms with Gasteiger partial charge in [0.05, 0.1) is 0 Å². The van der Waals surface area contributed by atoms with E-state index in [0.29, 0.717) is 5.92 Å². The third kappa shape index (κ3) is 3.60. The van der Waals surface area contributed by atoms with Crippen molar-refractivity contribution in [2.45, 2.75) is 38.6 Å². The smallest absolute Gasteiger partial charge is 0.251 e. The summed E-state index contributed by atoms with van der Waals surface area (Å²) < 4.78 is 0. The fourth-order valence-electron chi connectivity index (χ4n) is 3.07. The molecule has 0 bridgehead atoms. The van der Waals surface area contributed by atoms with Crippen molar-refractivity contribution in [3.05, 3.63) is 58.0 Å². The summed E-state index contributed by atoms with van der Waals surface area (Å²) in [6.07, 6.45) is 6.68. The SMILES string of the molecule is CCc1cc(=O)[nH]c([C@H]2CCCN(Cc3ccncc3)C2)n1. The number of H-pyrrole nitrogens is 1. The van der Waals surface area contributed by atoms with Gasteiger partial charge in [-0.05, 0) is 43.5 Å². The van der Waals surface area contributed by atoms with E-state index in [2.05, 4.69) is 32.0 Å².